The molecule has 4 aromatic heterocycles. The van der Waals surface area contributed by atoms with Crippen molar-refractivity contribution in [2.45, 2.75) is 68.4 Å². The molecule has 13 aromatic rings. The Kier molecular flexibility index (Phi) is 54.4. The minimum absolute atomic E-state index is 0. The molecule has 0 saturated carbocycles. The zero-order chi connectivity index (χ0) is 95.6. The fourth-order valence-electron chi connectivity index (χ4n) is 11.1. The van der Waals surface area contributed by atoms with Crippen LogP contribution in [0.1, 0.15) is 68.5 Å². The minimum Gasteiger partial charge on any atom is -0.512 e. The van der Waals surface area contributed by atoms with Crippen LogP contribution in [-0.2, 0) is 49.3 Å². The Hall–Kier alpha value is -12.1. The number of alkyl halides is 6. The molecule has 9 aromatic carbocycles. The van der Waals surface area contributed by atoms with Gasteiger partial charge in [-0.25, -0.2) is 0 Å². The first-order valence-electron chi connectivity index (χ1n) is 34.8. The molecule has 0 aliphatic carbocycles. The molecule has 722 valence electrons. The molecule has 5 heterocycles. The van der Waals surface area contributed by atoms with E-state index in [1.807, 2.05) is 42.5 Å². The standard InChI is InChI=1S/C18H13ClF3NO6S.C18H13ClN2O3.C18H14F3NO6S.C16H9ClN2O3.C6H5Cl.C4H4ClNO2.2CN.6CH4.BBr3.H2O.Zn/c1-27-11-5-3-10(4-6-11)23-9-14(19)13-7-12(28-2)8-15(16(13)17(23)24)29-30(25,26)18(20,21)22;1-23-13-5-3-12(4-6-13)21-10-16(19)15-8-14(24-2)7-11(9-20)17(15)18(21)22;1-26-13-5-3-12(4-6-13)22-8-7-11-9-14(27-2)10-15(16(11)17(22)23)28-29(24,25)18(19,20)21;17-14-8-19(10-1-3-11(20)4-2-10)16(22)15-9(7-18)5-12(21)6-13(14)15;7-6-4-2-1-3-5-6;5-6-3(7)1-2-4(6)8;2*1-2;;;;;;;2-1(3)4;;/h3-9H,1-2H3;3-8,10H,1-2H3;3-10H,1-2H3;1-6,8,20-21H;1-5H;1-2H2;;;6*1H4;;1H2;/q;;;;;;2*-1;;;;;;;;;+2. The maximum absolute atomic E-state index is 13.1. The van der Waals surface area contributed by atoms with Crippen LogP contribution < -0.4 is 59.0 Å². The van der Waals surface area contributed by atoms with Crippen molar-refractivity contribution >= 4 is 184 Å². The average molecular weight is 2270 g/mol. The van der Waals surface area contributed by atoms with Crippen LogP contribution in [0.2, 0.25) is 20.1 Å². The molecular weight excluding hydrogens is 2190 g/mol. The third kappa shape index (κ3) is 32.6. The topological polar surface area (TPSA) is 435 Å². The number of carbonyl (C=O) groups excluding carboxylic acids is 2. The SMILES string of the molecule is BrB(Br)Br.C.C.C.C.C.C.COc1ccc(-n2cc(Cl)c3cc(OC)cc(C#N)c3c2=O)cc1.COc1ccc(-n2cc(Cl)c3cc(OC)cc(OS(=O)(=O)C(F)(F)F)c3c2=O)cc1.COc1ccc(-n2ccc3cc(OC)cc(OS(=O)(=O)C(F)(F)F)c3c2=O)cc1.Clc1ccccc1.N#Cc1cc(O)cc2c(Cl)cn(-c3ccc(O)cc3)c(=O)c12.O.O=C1CCC(=O)N1Cl.[C-]#N.[C-]#N.[Zn+2]. The van der Waals surface area contributed by atoms with Gasteiger partial charge in [-0.1, -0.05) is 109 Å². The molecule has 0 spiro atoms. The molecule has 0 radical (unpaired) electrons. The van der Waals surface area contributed by atoms with E-state index in [4.69, 9.17) is 110 Å². The van der Waals surface area contributed by atoms with Crippen molar-refractivity contribution in [1.29, 1.82) is 21.0 Å². The second kappa shape index (κ2) is 57.7. The van der Waals surface area contributed by atoms with Crippen LogP contribution >= 0.6 is 105 Å². The van der Waals surface area contributed by atoms with Crippen molar-refractivity contribution in [3.05, 3.63) is 293 Å². The van der Waals surface area contributed by atoms with Gasteiger partial charge >= 0.3 is 53.9 Å². The number of phenols is 2. The number of pyridine rings is 4. The molecule has 1 aliphatic heterocycles. The Morgan fingerprint density at radius 2 is 0.706 bits per heavy atom. The molecule has 0 unspecified atom stereocenters. The van der Waals surface area contributed by atoms with E-state index in [1.54, 1.807) is 86.0 Å². The molecule has 0 bridgehead atoms. The van der Waals surface area contributed by atoms with Crippen LogP contribution in [0.4, 0.5) is 26.3 Å². The maximum Gasteiger partial charge on any atom is 2.00 e. The van der Waals surface area contributed by atoms with E-state index in [-0.39, 0.29) is 174 Å². The van der Waals surface area contributed by atoms with E-state index in [1.165, 1.54) is 130 Å². The van der Waals surface area contributed by atoms with Gasteiger partial charge in [-0.2, -0.15) is 58.1 Å². The number of amides is 2. The zero-order valence-electron chi connectivity index (χ0n) is 67.2. The molecule has 1 saturated heterocycles. The summed E-state index contributed by atoms with van der Waals surface area (Å²) in [7, 11) is -3.61. The molecule has 30 nitrogen and oxygen atoms in total. The number of ether oxygens (including phenoxy) is 6. The molecule has 1 fully saturated rings. The number of nitrogens with zero attached hydrogens (tertiary/aromatic N) is 9. The fraction of sp³-hybridized carbons (Fsp3) is 0.182. The Balaban J connectivity index is -0.00000158. The monoisotopic (exact) mass is 2270 g/mol. The summed E-state index contributed by atoms with van der Waals surface area (Å²) in [5.74, 6) is -0.141. The second-order valence-electron chi connectivity index (χ2n) is 24.5. The van der Waals surface area contributed by atoms with Crippen molar-refractivity contribution in [3.63, 3.8) is 0 Å². The van der Waals surface area contributed by atoms with Crippen LogP contribution in [-0.4, -0.2) is 124 Å². The number of methoxy groups -OCH3 is 6. The number of rotatable bonds is 14. The van der Waals surface area contributed by atoms with Gasteiger partial charge in [0.05, 0.1) is 90.4 Å². The molecule has 2 amide bonds. The van der Waals surface area contributed by atoms with Crippen molar-refractivity contribution in [3.8, 4) is 92.4 Å². The summed E-state index contributed by atoms with van der Waals surface area (Å²) in [5.41, 5.74) is -11.6. The van der Waals surface area contributed by atoms with Crippen molar-refractivity contribution < 1.29 is 125 Å². The number of halogens is 14. The number of aromatic hydroxyl groups is 2. The van der Waals surface area contributed by atoms with Crippen molar-refractivity contribution in [2.24, 2.45) is 0 Å². The molecule has 0 atom stereocenters. The van der Waals surface area contributed by atoms with Gasteiger partial charge in [-0.15, -0.1) is 47.3 Å². The number of aromatic nitrogens is 4. The van der Waals surface area contributed by atoms with Gasteiger partial charge in [0.25, 0.3) is 22.2 Å². The Labute approximate surface area is 841 Å². The molecule has 1 aliphatic rings. The van der Waals surface area contributed by atoms with Crippen LogP contribution in [0, 0.1) is 46.3 Å². The summed E-state index contributed by atoms with van der Waals surface area (Å²) in [4.78, 5) is 72.3. The maximum atomic E-state index is 13.1. The third-order valence-corrected chi connectivity index (χ3v) is 20.3. The van der Waals surface area contributed by atoms with Crippen molar-refractivity contribution in [1.82, 2.24) is 22.7 Å². The van der Waals surface area contributed by atoms with E-state index < -0.39 is 64.8 Å². The first-order valence-corrected chi connectivity index (χ1v) is 42.2. The van der Waals surface area contributed by atoms with Gasteiger partial charge in [0.2, 0.25) is 11.8 Å². The summed E-state index contributed by atoms with van der Waals surface area (Å²) in [6.45, 7) is 9.50. The van der Waals surface area contributed by atoms with Gasteiger partial charge in [-0.3, -0.25) is 47.0 Å². The summed E-state index contributed by atoms with van der Waals surface area (Å²) in [5, 5.41) is 51.9. The molecule has 4 N–H and O–H groups in total. The number of carbonyl (C=O) groups is 2. The third-order valence-electron chi connectivity index (χ3n) is 16.9. The van der Waals surface area contributed by atoms with Crippen LogP contribution in [0.15, 0.2) is 226 Å². The van der Waals surface area contributed by atoms with Crippen LogP contribution in [0.25, 0.3) is 65.8 Å². The molecular formula is C88H84BBr3Cl5F6N9O21S2Zn. The summed E-state index contributed by atoms with van der Waals surface area (Å²) in [6.07, 6.45) is 6.13. The Bertz CT molecular complexity index is 6860. The normalized spacial score (nSPS) is 10.6. The number of hydrogen-bond acceptors (Lipinski definition) is 24. The fourth-order valence-corrected chi connectivity index (χ4v) is 13.0. The minimum atomic E-state index is -6.05. The first kappa shape index (κ1) is 128. The van der Waals surface area contributed by atoms with Crippen LogP contribution in [0.3, 0.4) is 0 Å². The van der Waals surface area contributed by atoms with Gasteiger partial charge < -0.3 is 76.1 Å². The Morgan fingerprint density at radius 1 is 0.412 bits per heavy atom. The molecule has 48 heteroatoms. The Morgan fingerprint density at radius 3 is 1.02 bits per heavy atom. The second-order valence-corrected chi connectivity index (χ2v) is 36.0. The van der Waals surface area contributed by atoms with E-state index in [9.17, 15) is 92.7 Å². The predicted molar refractivity (Wildman–Crippen MR) is 521 cm³/mol. The summed E-state index contributed by atoms with van der Waals surface area (Å²) in [6, 6.07) is 50.4. The number of phenolic OH excluding ortho intramolecular Hbond substituents is 2. The number of fused-ring (bicyclic) bond motifs is 4. The number of benzene rings is 9. The van der Waals surface area contributed by atoms with E-state index in [0.29, 0.717) is 66.0 Å². The van der Waals surface area contributed by atoms with Gasteiger partial charge in [0.15, 0.2) is 11.5 Å². The first-order chi connectivity index (χ1) is 60.5. The zero-order valence-corrected chi connectivity index (χ0v) is 80.3. The number of nitriles is 2. The van der Waals surface area contributed by atoms with E-state index in [2.05, 4.69) is 55.6 Å². The number of imide groups is 1. The molecule has 14 rings (SSSR count). The average Bonchev–Trinajstić information content (AvgIpc) is 0.807. The van der Waals surface area contributed by atoms with E-state index >= 15 is 0 Å². The number of hydrogen-bond donors (Lipinski definition) is 2. The van der Waals surface area contributed by atoms with E-state index in [0.717, 1.165) is 26.3 Å². The summed E-state index contributed by atoms with van der Waals surface area (Å²) >= 11 is 38.8. The van der Waals surface area contributed by atoms with Gasteiger partial charge in [-0.05, 0) is 157 Å². The summed E-state index contributed by atoms with van der Waals surface area (Å²) < 4.78 is 168. The van der Waals surface area contributed by atoms with Gasteiger partial charge in [0.1, 0.15) is 58.1 Å². The van der Waals surface area contributed by atoms with Crippen molar-refractivity contribution in [2.75, 3.05) is 42.7 Å². The largest absolute Gasteiger partial charge is 2.00 e. The quantitative estimate of drug-likeness (QED) is 0.0194. The smallest absolute Gasteiger partial charge is 0.512 e. The van der Waals surface area contributed by atoms with Crippen LogP contribution in [0.5, 0.6) is 57.5 Å². The molecule has 136 heavy (non-hydrogen) atoms. The predicted octanol–water partition coefficient (Wildman–Crippen LogP) is 21.6. The van der Waals surface area contributed by atoms with Gasteiger partial charge in [0, 0.05) is 105 Å².